The molecule has 2 rings (SSSR count). The van der Waals surface area contributed by atoms with E-state index in [2.05, 4.69) is 19.9 Å². The fourth-order valence-electron chi connectivity index (χ4n) is 1.02. The zero-order chi connectivity index (χ0) is 9.26. The van der Waals surface area contributed by atoms with Crippen molar-refractivity contribution >= 4 is 17.3 Å². The van der Waals surface area contributed by atoms with Gasteiger partial charge in [-0.2, -0.15) is 0 Å². The van der Waals surface area contributed by atoms with Gasteiger partial charge >= 0.3 is 5.97 Å². The Hall–Kier alpha value is -1.98. The Morgan fingerprint density at radius 2 is 2.23 bits per heavy atom. The molecular weight excluding hydrogens is 172 g/mol. The Morgan fingerprint density at radius 1 is 1.46 bits per heavy atom. The quantitative estimate of drug-likeness (QED) is 0.674. The molecule has 66 valence electrons. The van der Waals surface area contributed by atoms with Crippen LogP contribution in [0.4, 0.5) is 0 Å². The van der Waals surface area contributed by atoms with Gasteiger partial charge in [0.05, 0.1) is 0 Å². The molecule has 2 aromatic heterocycles. The predicted octanol–water partition coefficient (Wildman–Crippen LogP) is -0.0200. The summed E-state index contributed by atoms with van der Waals surface area (Å²) in [6, 6.07) is 0. The van der Waals surface area contributed by atoms with E-state index in [4.69, 9.17) is 5.11 Å². The second-order valence-electron chi connectivity index (χ2n) is 2.48. The molecule has 2 aromatic rings. The average molecular weight is 178 g/mol. The number of carbonyl (C=O) groups is 1. The summed E-state index contributed by atoms with van der Waals surface area (Å²) in [6.07, 6.45) is 2.89. The molecule has 0 unspecified atom stereocenters. The standard InChI is InChI=1S/C7H6N4O2/c12-5(13)3-4-10-6-7(11-4)9-2-1-8-6/h1-2H,3H2,(H,12,13)(H,8,9,10,11). The predicted molar refractivity (Wildman–Crippen MR) is 43.0 cm³/mol. The Morgan fingerprint density at radius 3 is 2.92 bits per heavy atom. The van der Waals surface area contributed by atoms with Crippen molar-refractivity contribution in [2.45, 2.75) is 6.42 Å². The summed E-state index contributed by atoms with van der Waals surface area (Å²) >= 11 is 0. The lowest BCUT2D eigenvalue weighted by Crippen LogP contribution is -2.01. The van der Waals surface area contributed by atoms with E-state index in [1.54, 1.807) is 0 Å². The number of hydrogen-bond donors (Lipinski definition) is 2. The molecule has 0 aromatic carbocycles. The van der Waals surface area contributed by atoms with E-state index >= 15 is 0 Å². The molecule has 0 aliphatic carbocycles. The fourth-order valence-corrected chi connectivity index (χ4v) is 1.02. The van der Waals surface area contributed by atoms with Crippen molar-refractivity contribution in [2.24, 2.45) is 0 Å². The van der Waals surface area contributed by atoms with Gasteiger partial charge in [-0.05, 0) is 0 Å². The Kier molecular flexibility index (Phi) is 1.66. The third kappa shape index (κ3) is 1.46. The highest BCUT2D eigenvalue weighted by atomic mass is 16.4. The van der Waals surface area contributed by atoms with Gasteiger partial charge in [-0.15, -0.1) is 0 Å². The molecule has 0 atom stereocenters. The Bertz CT molecular complexity index is 417. The molecule has 0 amide bonds. The summed E-state index contributed by atoms with van der Waals surface area (Å²) in [6.45, 7) is 0. The maximum atomic E-state index is 10.3. The van der Waals surface area contributed by atoms with Crippen LogP contribution >= 0.6 is 0 Å². The molecule has 0 saturated carbocycles. The van der Waals surface area contributed by atoms with Crippen LogP contribution in [0.2, 0.25) is 0 Å². The van der Waals surface area contributed by atoms with Crippen molar-refractivity contribution in [1.82, 2.24) is 19.9 Å². The SMILES string of the molecule is O=C(O)Cc1nc2nccnc2[nH]1. The number of carboxylic acids is 1. The van der Waals surface area contributed by atoms with Gasteiger partial charge in [0.2, 0.25) is 0 Å². The number of rotatable bonds is 2. The molecule has 0 fully saturated rings. The molecule has 2 heterocycles. The topological polar surface area (TPSA) is 91.8 Å². The third-order valence-electron chi connectivity index (χ3n) is 1.50. The van der Waals surface area contributed by atoms with Crippen LogP contribution in [0.3, 0.4) is 0 Å². The van der Waals surface area contributed by atoms with Crippen LogP contribution in [-0.2, 0) is 11.2 Å². The smallest absolute Gasteiger partial charge is 0.311 e. The van der Waals surface area contributed by atoms with Gasteiger partial charge in [0, 0.05) is 12.4 Å². The molecule has 0 aliphatic heterocycles. The molecule has 2 N–H and O–H groups in total. The summed E-state index contributed by atoms with van der Waals surface area (Å²) in [7, 11) is 0. The van der Waals surface area contributed by atoms with Crippen LogP contribution in [-0.4, -0.2) is 31.0 Å². The van der Waals surface area contributed by atoms with Gasteiger partial charge < -0.3 is 10.1 Å². The molecule has 0 radical (unpaired) electrons. The number of fused-ring (bicyclic) bond motifs is 1. The maximum Gasteiger partial charge on any atom is 0.311 e. The van der Waals surface area contributed by atoms with Crippen LogP contribution < -0.4 is 0 Å². The second kappa shape index (κ2) is 2.81. The van der Waals surface area contributed by atoms with Crippen molar-refractivity contribution in [2.75, 3.05) is 0 Å². The first-order valence-corrected chi connectivity index (χ1v) is 3.63. The largest absolute Gasteiger partial charge is 0.481 e. The minimum atomic E-state index is -0.931. The zero-order valence-electron chi connectivity index (χ0n) is 6.56. The number of hydrogen-bond acceptors (Lipinski definition) is 4. The van der Waals surface area contributed by atoms with Crippen molar-refractivity contribution in [3.8, 4) is 0 Å². The molecular formula is C7H6N4O2. The average Bonchev–Trinajstić information content (AvgIpc) is 2.44. The third-order valence-corrected chi connectivity index (χ3v) is 1.50. The lowest BCUT2D eigenvalue weighted by Gasteiger charge is -1.85. The molecule has 0 spiro atoms. The number of nitrogens with zero attached hydrogens (tertiary/aromatic N) is 3. The van der Waals surface area contributed by atoms with E-state index in [-0.39, 0.29) is 6.42 Å². The van der Waals surface area contributed by atoms with Crippen LogP contribution in [0.1, 0.15) is 5.82 Å². The monoisotopic (exact) mass is 178 g/mol. The van der Waals surface area contributed by atoms with Crippen LogP contribution in [0, 0.1) is 0 Å². The molecule has 0 bridgehead atoms. The molecule has 13 heavy (non-hydrogen) atoms. The van der Waals surface area contributed by atoms with Gasteiger partial charge in [0.1, 0.15) is 12.2 Å². The first-order chi connectivity index (χ1) is 6.25. The molecule has 6 nitrogen and oxygen atoms in total. The van der Waals surface area contributed by atoms with E-state index in [1.165, 1.54) is 12.4 Å². The van der Waals surface area contributed by atoms with Gasteiger partial charge in [-0.25, -0.2) is 15.0 Å². The molecule has 0 saturated heterocycles. The first-order valence-electron chi connectivity index (χ1n) is 3.63. The minimum Gasteiger partial charge on any atom is -0.481 e. The van der Waals surface area contributed by atoms with Gasteiger partial charge in [0.25, 0.3) is 0 Å². The number of aromatic amines is 1. The minimum absolute atomic E-state index is 0.141. The van der Waals surface area contributed by atoms with Crippen LogP contribution in [0.5, 0.6) is 0 Å². The number of aliphatic carboxylic acids is 1. The summed E-state index contributed by atoms with van der Waals surface area (Å²) in [5.41, 5.74) is 0.956. The highest BCUT2D eigenvalue weighted by molar-refractivity contribution is 5.71. The van der Waals surface area contributed by atoms with Crippen LogP contribution in [0.25, 0.3) is 11.3 Å². The maximum absolute atomic E-state index is 10.3. The van der Waals surface area contributed by atoms with E-state index in [0.29, 0.717) is 17.1 Å². The zero-order valence-corrected chi connectivity index (χ0v) is 6.56. The van der Waals surface area contributed by atoms with Crippen molar-refractivity contribution in [3.05, 3.63) is 18.2 Å². The van der Waals surface area contributed by atoms with E-state index in [0.717, 1.165) is 0 Å². The summed E-state index contributed by atoms with van der Waals surface area (Å²) < 4.78 is 0. The summed E-state index contributed by atoms with van der Waals surface area (Å²) in [5.74, 6) is -0.562. The van der Waals surface area contributed by atoms with E-state index in [9.17, 15) is 4.79 Å². The van der Waals surface area contributed by atoms with Gasteiger partial charge in [-0.1, -0.05) is 0 Å². The lowest BCUT2D eigenvalue weighted by molar-refractivity contribution is -0.136. The van der Waals surface area contributed by atoms with Crippen molar-refractivity contribution in [3.63, 3.8) is 0 Å². The van der Waals surface area contributed by atoms with Gasteiger partial charge in [0.15, 0.2) is 11.3 Å². The van der Waals surface area contributed by atoms with Crippen LogP contribution in [0.15, 0.2) is 12.4 Å². The number of H-pyrrole nitrogens is 1. The highest BCUT2D eigenvalue weighted by Crippen LogP contribution is 2.04. The molecule has 0 aliphatic rings. The highest BCUT2D eigenvalue weighted by Gasteiger charge is 2.06. The van der Waals surface area contributed by atoms with E-state index in [1.807, 2.05) is 0 Å². The molecule has 6 heteroatoms. The van der Waals surface area contributed by atoms with Crippen molar-refractivity contribution in [1.29, 1.82) is 0 Å². The lowest BCUT2D eigenvalue weighted by atomic mass is 10.4. The van der Waals surface area contributed by atoms with Crippen molar-refractivity contribution < 1.29 is 9.90 Å². The van der Waals surface area contributed by atoms with E-state index < -0.39 is 5.97 Å². The number of imidazole rings is 1. The number of carboxylic acid groups (broad SMARTS) is 1. The second-order valence-corrected chi connectivity index (χ2v) is 2.48. The summed E-state index contributed by atoms with van der Waals surface area (Å²) in [5, 5.41) is 8.49. The number of nitrogens with one attached hydrogen (secondary N) is 1. The summed E-state index contributed by atoms with van der Waals surface area (Å²) in [4.78, 5) is 24.9. The normalized spacial score (nSPS) is 10.5. The Labute approximate surface area is 72.7 Å². The number of aromatic nitrogens is 4. The van der Waals surface area contributed by atoms with Gasteiger partial charge in [-0.3, -0.25) is 4.79 Å². The first kappa shape index (κ1) is 7.66. The Balaban J connectivity index is 2.44. The fraction of sp³-hybridized carbons (Fsp3) is 0.143.